The summed E-state index contributed by atoms with van der Waals surface area (Å²) in [5.74, 6) is 0. The SMILES string of the molecule is CO[C@H]1C(O)[C@@H](CCP(=O)(O)O)O[C@H]1n1ccc(=O)[nH]c1=O. The van der Waals surface area contributed by atoms with Crippen LogP contribution >= 0.6 is 7.60 Å². The molecule has 2 rings (SSSR count). The van der Waals surface area contributed by atoms with E-state index >= 15 is 0 Å². The van der Waals surface area contributed by atoms with Gasteiger partial charge < -0.3 is 24.4 Å². The highest BCUT2D eigenvalue weighted by molar-refractivity contribution is 7.51. The molecule has 1 aliphatic heterocycles. The van der Waals surface area contributed by atoms with Crippen molar-refractivity contribution in [2.24, 2.45) is 0 Å². The normalized spacial score (nSPS) is 28.9. The maximum Gasteiger partial charge on any atom is 0.330 e. The Balaban J connectivity index is 2.23. The summed E-state index contributed by atoms with van der Waals surface area (Å²) in [7, 11) is -2.92. The molecule has 4 atom stereocenters. The number of aliphatic hydroxyl groups is 1. The zero-order chi connectivity index (χ0) is 16.5. The van der Waals surface area contributed by atoms with Crippen molar-refractivity contribution in [1.29, 1.82) is 0 Å². The fraction of sp³-hybridized carbons (Fsp3) is 0.636. The minimum Gasteiger partial charge on any atom is -0.388 e. The van der Waals surface area contributed by atoms with E-state index < -0.39 is 49.5 Å². The average molecular weight is 336 g/mol. The van der Waals surface area contributed by atoms with Gasteiger partial charge in [-0.25, -0.2) is 4.79 Å². The van der Waals surface area contributed by atoms with Crippen LogP contribution in [0.3, 0.4) is 0 Å². The first-order valence-corrected chi connectivity index (χ1v) is 8.25. The van der Waals surface area contributed by atoms with Crippen LogP contribution in [0.5, 0.6) is 0 Å². The van der Waals surface area contributed by atoms with E-state index in [0.717, 1.165) is 10.6 Å². The molecule has 1 fully saturated rings. The molecule has 0 amide bonds. The molecule has 2 heterocycles. The highest BCUT2D eigenvalue weighted by atomic mass is 31.2. The Morgan fingerprint density at radius 3 is 2.68 bits per heavy atom. The Hall–Kier alpha value is -1.29. The fourth-order valence-electron chi connectivity index (χ4n) is 2.36. The molecule has 1 aromatic heterocycles. The topological polar surface area (TPSA) is 151 Å². The van der Waals surface area contributed by atoms with Gasteiger partial charge in [0, 0.05) is 19.4 Å². The van der Waals surface area contributed by atoms with E-state index in [4.69, 9.17) is 19.3 Å². The van der Waals surface area contributed by atoms with Crippen molar-refractivity contribution < 1.29 is 28.9 Å². The van der Waals surface area contributed by atoms with E-state index in [-0.39, 0.29) is 6.42 Å². The van der Waals surface area contributed by atoms with Crippen molar-refractivity contribution in [3.63, 3.8) is 0 Å². The number of rotatable bonds is 5. The molecular formula is C11H17N2O8P. The van der Waals surface area contributed by atoms with Crippen molar-refractivity contribution in [3.05, 3.63) is 33.1 Å². The maximum atomic E-state index is 11.8. The number of nitrogens with one attached hydrogen (secondary N) is 1. The van der Waals surface area contributed by atoms with E-state index in [1.807, 2.05) is 0 Å². The number of hydrogen-bond acceptors (Lipinski definition) is 6. The van der Waals surface area contributed by atoms with E-state index in [1.165, 1.54) is 13.3 Å². The Labute approximate surface area is 124 Å². The van der Waals surface area contributed by atoms with Gasteiger partial charge >= 0.3 is 13.3 Å². The van der Waals surface area contributed by atoms with Crippen LogP contribution < -0.4 is 11.2 Å². The lowest BCUT2D eigenvalue weighted by molar-refractivity contribution is -0.0542. The van der Waals surface area contributed by atoms with E-state index in [0.29, 0.717) is 0 Å². The van der Waals surface area contributed by atoms with Crippen molar-refractivity contribution in [3.8, 4) is 0 Å². The molecule has 0 aliphatic carbocycles. The van der Waals surface area contributed by atoms with Gasteiger partial charge in [-0.1, -0.05) is 0 Å². The smallest absolute Gasteiger partial charge is 0.330 e. The van der Waals surface area contributed by atoms with Gasteiger partial charge in [-0.05, 0) is 6.42 Å². The molecule has 1 saturated heterocycles. The number of H-pyrrole nitrogens is 1. The van der Waals surface area contributed by atoms with Gasteiger partial charge in [-0.2, -0.15) is 0 Å². The second kappa shape index (κ2) is 6.45. The van der Waals surface area contributed by atoms with Crippen LogP contribution in [0.1, 0.15) is 12.6 Å². The van der Waals surface area contributed by atoms with Gasteiger partial charge in [0.2, 0.25) is 0 Å². The van der Waals surface area contributed by atoms with E-state index in [9.17, 15) is 19.3 Å². The lowest BCUT2D eigenvalue weighted by atomic mass is 10.1. The Bertz CT molecular complexity index is 679. The maximum absolute atomic E-state index is 11.8. The van der Waals surface area contributed by atoms with E-state index in [2.05, 4.69) is 4.98 Å². The Morgan fingerprint density at radius 1 is 1.45 bits per heavy atom. The molecule has 10 nitrogen and oxygen atoms in total. The van der Waals surface area contributed by atoms with Crippen LogP contribution in [-0.4, -0.2) is 56.0 Å². The molecule has 0 radical (unpaired) electrons. The van der Waals surface area contributed by atoms with Gasteiger partial charge in [-0.3, -0.25) is 18.9 Å². The van der Waals surface area contributed by atoms with Crippen LogP contribution in [-0.2, 0) is 14.0 Å². The summed E-state index contributed by atoms with van der Waals surface area (Å²) in [4.78, 5) is 42.7. The Kier molecular flexibility index (Phi) is 5.00. The lowest BCUT2D eigenvalue weighted by Crippen LogP contribution is -2.38. The second-order valence-corrected chi connectivity index (χ2v) is 6.73. The molecule has 124 valence electrons. The van der Waals surface area contributed by atoms with Gasteiger partial charge in [0.1, 0.15) is 12.2 Å². The molecule has 0 aromatic carbocycles. The summed E-state index contributed by atoms with van der Waals surface area (Å²) < 4.78 is 22.6. The summed E-state index contributed by atoms with van der Waals surface area (Å²) in [6.45, 7) is 0. The van der Waals surface area contributed by atoms with Gasteiger partial charge in [0.05, 0.1) is 12.3 Å². The molecule has 0 spiro atoms. The minimum absolute atomic E-state index is 0.0973. The monoisotopic (exact) mass is 336 g/mol. The fourth-order valence-corrected chi connectivity index (χ4v) is 2.95. The first kappa shape index (κ1) is 17.1. The van der Waals surface area contributed by atoms with Gasteiger partial charge in [0.25, 0.3) is 5.56 Å². The molecule has 1 aliphatic rings. The first-order valence-electron chi connectivity index (χ1n) is 6.45. The molecule has 11 heteroatoms. The van der Waals surface area contributed by atoms with Crippen LogP contribution in [0.15, 0.2) is 21.9 Å². The van der Waals surface area contributed by atoms with Crippen LogP contribution in [0, 0.1) is 0 Å². The third kappa shape index (κ3) is 3.72. The quantitative estimate of drug-likeness (QED) is 0.468. The number of hydrogen-bond donors (Lipinski definition) is 4. The molecule has 1 aromatic rings. The Morgan fingerprint density at radius 2 is 2.14 bits per heavy atom. The summed E-state index contributed by atoms with van der Waals surface area (Å²) >= 11 is 0. The third-order valence-corrected chi connectivity index (χ3v) is 4.26. The van der Waals surface area contributed by atoms with Gasteiger partial charge in [-0.15, -0.1) is 0 Å². The van der Waals surface area contributed by atoms with Crippen LogP contribution in [0.2, 0.25) is 0 Å². The highest BCUT2D eigenvalue weighted by Crippen LogP contribution is 2.39. The number of nitrogens with zero attached hydrogens (tertiary/aromatic N) is 1. The summed E-state index contributed by atoms with van der Waals surface area (Å²) in [5, 5.41) is 10.1. The van der Waals surface area contributed by atoms with Crippen LogP contribution in [0.4, 0.5) is 0 Å². The summed E-state index contributed by atoms with van der Waals surface area (Å²) in [6, 6.07) is 1.12. The van der Waals surface area contributed by atoms with Crippen molar-refractivity contribution in [1.82, 2.24) is 9.55 Å². The van der Waals surface area contributed by atoms with Crippen LogP contribution in [0.25, 0.3) is 0 Å². The first-order chi connectivity index (χ1) is 10.2. The molecule has 4 N–H and O–H groups in total. The largest absolute Gasteiger partial charge is 0.388 e. The van der Waals surface area contributed by atoms with Gasteiger partial charge in [0.15, 0.2) is 6.23 Å². The predicted molar refractivity (Wildman–Crippen MR) is 73.6 cm³/mol. The standard InChI is InChI=1S/C11H17N2O8P/c1-20-9-8(15)6(3-5-22(17,18)19)21-10(9)13-4-2-7(14)12-11(13)16/h2,4,6,8-10,15H,3,5H2,1H3,(H,12,14,16)(H2,17,18,19)/t6-,8?,9+,10-/m1/s1. The van der Waals surface area contributed by atoms with Crippen molar-refractivity contribution in [2.75, 3.05) is 13.3 Å². The third-order valence-electron chi connectivity index (χ3n) is 3.42. The van der Waals surface area contributed by atoms with E-state index in [1.54, 1.807) is 0 Å². The number of methoxy groups -OCH3 is 1. The summed E-state index contributed by atoms with van der Waals surface area (Å²) in [5.41, 5.74) is -1.31. The zero-order valence-corrected chi connectivity index (χ0v) is 12.6. The lowest BCUT2D eigenvalue weighted by Gasteiger charge is -2.20. The minimum atomic E-state index is -4.23. The second-order valence-electron chi connectivity index (χ2n) is 4.95. The average Bonchev–Trinajstić information content (AvgIpc) is 2.72. The number of ether oxygens (including phenoxy) is 2. The van der Waals surface area contributed by atoms with Crippen molar-refractivity contribution >= 4 is 7.60 Å². The zero-order valence-electron chi connectivity index (χ0n) is 11.7. The van der Waals surface area contributed by atoms with Crippen molar-refractivity contribution in [2.45, 2.75) is 31.0 Å². The number of aliphatic hydroxyl groups excluding tert-OH is 1. The molecule has 1 unspecified atom stereocenters. The predicted octanol–water partition coefficient (Wildman–Crippen LogP) is -1.62. The molecule has 0 saturated carbocycles. The summed E-state index contributed by atoms with van der Waals surface area (Å²) in [6.07, 6.45) is -3.34. The molecular weight excluding hydrogens is 319 g/mol. The number of aromatic nitrogens is 2. The number of aromatic amines is 1. The highest BCUT2D eigenvalue weighted by Gasteiger charge is 2.45. The molecule has 0 bridgehead atoms. The molecule has 22 heavy (non-hydrogen) atoms.